The Bertz CT molecular complexity index is 1320. The smallest absolute Gasteiger partial charge is 0.318 e. The van der Waals surface area contributed by atoms with E-state index in [9.17, 15) is 15.1 Å². The second-order valence-corrected chi connectivity index (χ2v) is 11.4. The second-order valence-electron chi connectivity index (χ2n) is 11.4. The van der Waals surface area contributed by atoms with E-state index >= 15 is 0 Å². The standard InChI is InChI=1S/C31H37N3O4/c1-20-15-23-5-6-24-18-25(31(2,3)36)19-33-30(24)29(28(23)26(16-20)38-4)22-9-13-34(37,14-10-22)27(35)17-21-7-11-32-12-8-21/h7-8,11-12,15-16,18-19,22,29,36H,5-6,9-10,13-14,17H2,1-4H3. The van der Waals surface area contributed by atoms with E-state index in [1.165, 1.54) is 5.56 Å². The van der Waals surface area contributed by atoms with E-state index in [1.54, 1.807) is 51.7 Å². The van der Waals surface area contributed by atoms with Crippen molar-refractivity contribution in [1.82, 2.24) is 9.97 Å². The maximum Gasteiger partial charge on any atom is 0.318 e. The Morgan fingerprint density at radius 1 is 1.13 bits per heavy atom. The Hall–Kier alpha value is -3.13. The van der Waals surface area contributed by atoms with Crippen molar-refractivity contribution >= 4 is 5.91 Å². The molecule has 7 heteroatoms. The van der Waals surface area contributed by atoms with E-state index in [-0.39, 0.29) is 37.3 Å². The zero-order valence-electron chi connectivity index (χ0n) is 22.7. The molecular formula is C31H37N3O4. The highest BCUT2D eigenvalue weighted by molar-refractivity contribution is 5.72. The van der Waals surface area contributed by atoms with Gasteiger partial charge in [0.2, 0.25) is 0 Å². The van der Waals surface area contributed by atoms with E-state index in [2.05, 4.69) is 30.1 Å². The zero-order valence-corrected chi connectivity index (χ0v) is 22.7. The number of hydroxylamine groups is 3. The summed E-state index contributed by atoms with van der Waals surface area (Å²) in [6.45, 7) is 6.15. The monoisotopic (exact) mass is 515 g/mol. The van der Waals surface area contributed by atoms with E-state index in [4.69, 9.17) is 9.72 Å². The van der Waals surface area contributed by atoms with Crippen LogP contribution in [0.3, 0.4) is 0 Å². The number of aromatic nitrogens is 2. The Balaban J connectivity index is 1.49. The molecule has 2 aliphatic rings. The molecule has 7 nitrogen and oxygen atoms in total. The first-order chi connectivity index (χ1) is 18.1. The van der Waals surface area contributed by atoms with Gasteiger partial charge >= 0.3 is 5.91 Å². The maximum atomic E-state index is 13.6. The van der Waals surface area contributed by atoms with Gasteiger partial charge in [0.25, 0.3) is 0 Å². The first kappa shape index (κ1) is 26.5. The summed E-state index contributed by atoms with van der Waals surface area (Å²) in [7, 11) is 1.71. The average Bonchev–Trinajstić information content (AvgIpc) is 3.05. The van der Waals surface area contributed by atoms with Crippen LogP contribution < -0.4 is 4.74 Å². The minimum absolute atomic E-state index is 0.0436. The zero-order chi connectivity index (χ0) is 27.1. The lowest BCUT2D eigenvalue weighted by atomic mass is 9.75. The van der Waals surface area contributed by atoms with E-state index in [0.29, 0.717) is 12.8 Å². The van der Waals surface area contributed by atoms with Gasteiger partial charge < -0.3 is 15.1 Å². The van der Waals surface area contributed by atoms with Crippen LogP contribution >= 0.6 is 0 Å². The average molecular weight is 516 g/mol. The van der Waals surface area contributed by atoms with Crippen LogP contribution in [0.5, 0.6) is 5.75 Å². The largest absolute Gasteiger partial charge is 0.625 e. The third-order valence-electron chi connectivity index (χ3n) is 8.32. The van der Waals surface area contributed by atoms with Gasteiger partial charge in [-0.3, -0.25) is 14.6 Å². The normalized spacial score (nSPS) is 23.2. The number of quaternary nitrogens is 1. The molecule has 5 rings (SSSR count). The summed E-state index contributed by atoms with van der Waals surface area (Å²) in [5.41, 5.74) is 6.31. The molecule has 1 N–H and O–H groups in total. The van der Waals surface area contributed by atoms with Crippen molar-refractivity contribution < 1.29 is 19.3 Å². The fourth-order valence-corrected chi connectivity index (χ4v) is 6.17. The molecule has 1 aliphatic heterocycles. The molecular weight excluding hydrogens is 478 g/mol. The third kappa shape index (κ3) is 5.10. The number of piperidine rings is 1. The third-order valence-corrected chi connectivity index (χ3v) is 8.32. The topological polar surface area (TPSA) is 95.4 Å². The molecule has 1 aliphatic carbocycles. The van der Waals surface area contributed by atoms with Gasteiger partial charge in [-0.25, -0.2) is 4.79 Å². The lowest BCUT2D eigenvalue weighted by molar-refractivity contribution is -0.811. The summed E-state index contributed by atoms with van der Waals surface area (Å²) in [5, 5.41) is 24.3. The summed E-state index contributed by atoms with van der Waals surface area (Å²) >= 11 is 0. The summed E-state index contributed by atoms with van der Waals surface area (Å²) < 4.78 is 5.13. The molecule has 1 amide bonds. The molecule has 1 fully saturated rings. The number of aryl methyl sites for hydroxylation is 3. The fourth-order valence-electron chi connectivity index (χ4n) is 6.17. The van der Waals surface area contributed by atoms with Crippen LogP contribution in [0.1, 0.15) is 71.7 Å². The Labute approximate surface area is 224 Å². The van der Waals surface area contributed by atoms with Gasteiger partial charge in [-0.2, -0.15) is 0 Å². The van der Waals surface area contributed by atoms with E-state index < -0.39 is 10.2 Å². The van der Waals surface area contributed by atoms with Crippen LogP contribution in [-0.4, -0.2) is 45.8 Å². The number of carbonyl (C=O) groups is 1. The van der Waals surface area contributed by atoms with Crippen molar-refractivity contribution in [2.45, 2.75) is 64.4 Å². The number of benzene rings is 1. The van der Waals surface area contributed by atoms with Crippen molar-refractivity contribution in [1.29, 1.82) is 0 Å². The van der Waals surface area contributed by atoms with Crippen molar-refractivity contribution in [3.05, 3.63) is 93.2 Å². The highest BCUT2D eigenvalue weighted by atomic mass is 16.6. The van der Waals surface area contributed by atoms with Gasteiger partial charge in [-0.15, -0.1) is 0 Å². The number of nitrogens with zero attached hydrogens (tertiary/aromatic N) is 3. The summed E-state index contributed by atoms with van der Waals surface area (Å²) in [6.07, 6.45) is 8.13. The molecule has 0 radical (unpaired) electrons. The van der Waals surface area contributed by atoms with Gasteiger partial charge in [0.05, 0.1) is 37.9 Å². The molecule has 2 aromatic heterocycles. The first-order valence-electron chi connectivity index (χ1n) is 13.5. The van der Waals surface area contributed by atoms with Crippen LogP contribution in [0.25, 0.3) is 0 Å². The van der Waals surface area contributed by atoms with Gasteiger partial charge in [0.1, 0.15) is 5.75 Å². The maximum absolute atomic E-state index is 13.6. The van der Waals surface area contributed by atoms with Crippen molar-refractivity contribution in [3.8, 4) is 5.75 Å². The number of ether oxygens (including phenoxy) is 1. The van der Waals surface area contributed by atoms with Gasteiger partial charge in [0.15, 0.2) is 0 Å². The number of fused-ring (bicyclic) bond motifs is 2. The molecule has 3 aromatic rings. The first-order valence-corrected chi connectivity index (χ1v) is 13.5. The molecule has 0 spiro atoms. The molecule has 0 bridgehead atoms. The highest BCUT2D eigenvalue weighted by Crippen LogP contribution is 2.47. The van der Waals surface area contributed by atoms with Gasteiger partial charge in [-0.05, 0) is 86.1 Å². The lowest BCUT2D eigenvalue weighted by Gasteiger charge is -2.46. The minimum Gasteiger partial charge on any atom is -0.625 e. The molecule has 0 saturated carbocycles. The van der Waals surface area contributed by atoms with E-state index in [0.717, 1.165) is 52.1 Å². The quantitative estimate of drug-likeness (QED) is 0.389. The summed E-state index contributed by atoms with van der Waals surface area (Å²) in [5.74, 6) is 0.667. The molecule has 1 saturated heterocycles. The predicted molar refractivity (Wildman–Crippen MR) is 145 cm³/mol. The highest BCUT2D eigenvalue weighted by Gasteiger charge is 2.41. The van der Waals surface area contributed by atoms with Crippen LogP contribution in [-0.2, 0) is 29.7 Å². The van der Waals surface area contributed by atoms with Crippen LogP contribution in [0, 0.1) is 18.0 Å². The molecule has 200 valence electrons. The molecule has 1 aromatic carbocycles. The lowest BCUT2D eigenvalue weighted by Crippen LogP contribution is -2.53. The minimum atomic E-state index is -0.982. The van der Waals surface area contributed by atoms with Crippen molar-refractivity contribution in [3.63, 3.8) is 0 Å². The Kier molecular flexibility index (Phi) is 7.11. The number of pyridine rings is 2. The predicted octanol–water partition coefficient (Wildman–Crippen LogP) is 4.75. The summed E-state index contributed by atoms with van der Waals surface area (Å²) in [6, 6.07) is 9.99. The Morgan fingerprint density at radius 3 is 2.47 bits per heavy atom. The second kappa shape index (κ2) is 10.2. The SMILES string of the molecule is COc1cc(C)cc2c1C(C1CC[N+]([O-])(C(=O)Cc3ccncc3)CC1)c1ncc(C(C)(C)O)cc1CC2. The van der Waals surface area contributed by atoms with Crippen LogP contribution in [0.2, 0.25) is 0 Å². The number of aliphatic hydroxyl groups is 1. The van der Waals surface area contributed by atoms with Crippen molar-refractivity contribution in [2.75, 3.05) is 20.2 Å². The number of rotatable bonds is 5. The fraction of sp³-hybridized carbons (Fsp3) is 0.452. The Morgan fingerprint density at radius 2 is 1.82 bits per heavy atom. The number of carbonyl (C=O) groups excluding carboxylic acids is 1. The number of likely N-dealkylation sites (tertiary alicyclic amines) is 1. The van der Waals surface area contributed by atoms with Crippen molar-refractivity contribution in [2.24, 2.45) is 5.92 Å². The number of hydrogen-bond donors (Lipinski definition) is 1. The molecule has 1 unspecified atom stereocenters. The number of methoxy groups -OCH3 is 1. The van der Waals surface area contributed by atoms with Crippen LogP contribution in [0.15, 0.2) is 48.9 Å². The van der Waals surface area contributed by atoms with Gasteiger partial charge in [0, 0.05) is 48.5 Å². The number of amides is 1. The van der Waals surface area contributed by atoms with Crippen LogP contribution in [0.4, 0.5) is 0 Å². The molecule has 38 heavy (non-hydrogen) atoms. The van der Waals surface area contributed by atoms with Gasteiger partial charge in [-0.1, -0.05) is 6.07 Å². The molecule has 1 atom stereocenters. The molecule has 3 heterocycles. The number of hydrogen-bond acceptors (Lipinski definition) is 6. The van der Waals surface area contributed by atoms with E-state index in [1.807, 2.05) is 0 Å². The summed E-state index contributed by atoms with van der Waals surface area (Å²) in [4.78, 5) is 22.0.